The van der Waals surface area contributed by atoms with Crippen LogP contribution in [0.15, 0.2) is 0 Å². The highest BCUT2D eigenvalue weighted by Crippen LogP contribution is 2.58. The summed E-state index contributed by atoms with van der Waals surface area (Å²) in [5.41, 5.74) is 6.35. The molecule has 0 bridgehead atoms. The van der Waals surface area contributed by atoms with Gasteiger partial charge in [0.2, 0.25) is 0 Å². The first-order valence-electron chi connectivity index (χ1n) is 8.96. The second-order valence-electron chi connectivity index (χ2n) is 8.42. The van der Waals surface area contributed by atoms with Crippen molar-refractivity contribution in [1.29, 1.82) is 0 Å². The largest absolute Gasteiger partial charge is 0.389 e. The first-order valence-corrected chi connectivity index (χ1v) is 8.96. The predicted octanol–water partition coefficient (Wildman–Crippen LogP) is 4.01. The Labute approximate surface area is 124 Å². The molecule has 3 N–H and O–H groups in total. The lowest BCUT2D eigenvalue weighted by Crippen LogP contribution is -2.57. The quantitative estimate of drug-likeness (QED) is 0.802. The van der Waals surface area contributed by atoms with Crippen LogP contribution in [0.25, 0.3) is 0 Å². The van der Waals surface area contributed by atoms with E-state index in [2.05, 4.69) is 6.92 Å². The highest BCUT2D eigenvalue weighted by atomic mass is 16.3. The van der Waals surface area contributed by atoms with Gasteiger partial charge in [-0.3, -0.25) is 0 Å². The summed E-state index contributed by atoms with van der Waals surface area (Å²) in [4.78, 5) is 0. The van der Waals surface area contributed by atoms with Crippen molar-refractivity contribution >= 4 is 0 Å². The molecule has 2 unspecified atom stereocenters. The average Bonchev–Trinajstić information content (AvgIpc) is 2.91. The molecule has 0 aromatic carbocycles. The van der Waals surface area contributed by atoms with Crippen LogP contribution < -0.4 is 5.73 Å². The fourth-order valence-electron chi connectivity index (χ4n) is 5.81. The molecule has 0 aliphatic heterocycles. The van der Waals surface area contributed by atoms with Gasteiger partial charge in [0.1, 0.15) is 0 Å². The molecule has 0 heterocycles. The summed E-state index contributed by atoms with van der Waals surface area (Å²) >= 11 is 0. The number of rotatable bonds is 2. The average molecular weight is 279 g/mol. The van der Waals surface area contributed by atoms with Gasteiger partial charge in [-0.1, -0.05) is 32.6 Å². The molecular weight excluding hydrogens is 246 g/mol. The van der Waals surface area contributed by atoms with Crippen LogP contribution in [0.4, 0.5) is 0 Å². The zero-order valence-corrected chi connectivity index (χ0v) is 13.3. The second kappa shape index (κ2) is 5.28. The second-order valence-corrected chi connectivity index (χ2v) is 8.42. The van der Waals surface area contributed by atoms with E-state index in [1.54, 1.807) is 0 Å². The topological polar surface area (TPSA) is 46.2 Å². The van der Waals surface area contributed by atoms with Crippen molar-refractivity contribution in [2.45, 2.75) is 89.6 Å². The van der Waals surface area contributed by atoms with Gasteiger partial charge in [0.15, 0.2) is 0 Å². The van der Waals surface area contributed by atoms with Crippen molar-refractivity contribution in [1.82, 2.24) is 0 Å². The minimum Gasteiger partial charge on any atom is -0.389 e. The first kappa shape index (κ1) is 14.8. The van der Waals surface area contributed by atoms with E-state index in [4.69, 9.17) is 5.73 Å². The van der Waals surface area contributed by atoms with Gasteiger partial charge in [0, 0.05) is 12.0 Å². The van der Waals surface area contributed by atoms with Crippen LogP contribution in [0.3, 0.4) is 0 Å². The van der Waals surface area contributed by atoms with Crippen molar-refractivity contribution in [3.63, 3.8) is 0 Å². The van der Waals surface area contributed by atoms with Crippen LogP contribution >= 0.6 is 0 Å². The van der Waals surface area contributed by atoms with Crippen molar-refractivity contribution < 1.29 is 5.11 Å². The van der Waals surface area contributed by atoms with E-state index in [1.165, 1.54) is 51.4 Å². The zero-order chi connectivity index (χ0) is 14.3. The van der Waals surface area contributed by atoms with E-state index in [-0.39, 0.29) is 5.41 Å². The molecule has 0 radical (unpaired) electrons. The third kappa shape index (κ3) is 2.33. The molecule has 1 spiro atoms. The third-order valence-electron chi connectivity index (χ3n) is 7.27. The summed E-state index contributed by atoms with van der Waals surface area (Å²) in [6, 6.07) is 0. The Morgan fingerprint density at radius 1 is 0.950 bits per heavy atom. The van der Waals surface area contributed by atoms with Gasteiger partial charge < -0.3 is 10.8 Å². The summed E-state index contributed by atoms with van der Waals surface area (Å²) in [5, 5.41) is 11.4. The van der Waals surface area contributed by atoms with Crippen LogP contribution in [0.5, 0.6) is 0 Å². The molecule has 0 amide bonds. The maximum Gasteiger partial charge on any atom is 0.0716 e. The van der Waals surface area contributed by atoms with E-state index in [0.29, 0.717) is 12.0 Å². The monoisotopic (exact) mass is 279 g/mol. The molecule has 3 fully saturated rings. The Balaban J connectivity index is 1.74. The van der Waals surface area contributed by atoms with E-state index in [9.17, 15) is 5.11 Å². The molecule has 3 aliphatic rings. The van der Waals surface area contributed by atoms with Crippen molar-refractivity contribution in [3.8, 4) is 0 Å². The van der Waals surface area contributed by atoms with Gasteiger partial charge >= 0.3 is 0 Å². The molecule has 2 atom stereocenters. The lowest BCUT2D eigenvalue weighted by Gasteiger charge is -2.55. The van der Waals surface area contributed by atoms with Crippen molar-refractivity contribution in [2.24, 2.45) is 22.5 Å². The first-order chi connectivity index (χ1) is 9.53. The summed E-state index contributed by atoms with van der Waals surface area (Å²) < 4.78 is 0. The molecule has 3 aliphatic carbocycles. The van der Waals surface area contributed by atoms with E-state index in [1.807, 2.05) is 0 Å². The van der Waals surface area contributed by atoms with Gasteiger partial charge in [0.25, 0.3) is 0 Å². The Kier molecular flexibility index (Phi) is 3.92. The normalized spacial score (nSPS) is 40.0. The number of hydrogen-bond acceptors (Lipinski definition) is 2. The van der Waals surface area contributed by atoms with E-state index >= 15 is 0 Å². The fourth-order valence-corrected chi connectivity index (χ4v) is 5.81. The van der Waals surface area contributed by atoms with Crippen LogP contribution in [0.1, 0.15) is 84.0 Å². The summed E-state index contributed by atoms with van der Waals surface area (Å²) in [5.74, 6) is 0.735. The van der Waals surface area contributed by atoms with Crippen LogP contribution in [0.2, 0.25) is 0 Å². The summed E-state index contributed by atoms with van der Waals surface area (Å²) in [7, 11) is 0. The molecule has 2 nitrogen and oxygen atoms in total. The smallest absolute Gasteiger partial charge is 0.0716 e. The summed E-state index contributed by atoms with van der Waals surface area (Å²) in [6.45, 7) is 3.02. The van der Waals surface area contributed by atoms with Crippen molar-refractivity contribution in [3.05, 3.63) is 0 Å². The molecular formula is C18H33NO. The minimum absolute atomic E-state index is 0.0187. The Hall–Kier alpha value is -0.0800. The van der Waals surface area contributed by atoms with Crippen LogP contribution in [0, 0.1) is 16.7 Å². The number of aliphatic hydroxyl groups is 1. The molecule has 20 heavy (non-hydrogen) atoms. The van der Waals surface area contributed by atoms with Crippen LogP contribution in [-0.2, 0) is 0 Å². The summed E-state index contributed by atoms with van der Waals surface area (Å²) in [6.07, 6.45) is 15.0. The third-order valence-corrected chi connectivity index (χ3v) is 7.27. The van der Waals surface area contributed by atoms with Gasteiger partial charge in [-0.15, -0.1) is 0 Å². The lowest BCUT2D eigenvalue weighted by molar-refractivity contribution is -0.144. The molecule has 0 aromatic rings. The van der Waals surface area contributed by atoms with Crippen LogP contribution in [-0.4, -0.2) is 17.3 Å². The van der Waals surface area contributed by atoms with E-state index in [0.717, 1.165) is 31.6 Å². The maximum atomic E-state index is 11.4. The van der Waals surface area contributed by atoms with Gasteiger partial charge in [-0.25, -0.2) is 0 Å². The zero-order valence-electron chi connectivity index (χ0n) is 13.3. The Bertz CT molecular complexity index is 337. The molecule has 3 rings (SSSR count). The minimum atomic E-state index is -0.468. The van der Waals surface area contributed by atoms with Gasteiger partial charge in [0.05, 0.1) is 5.60 Å². The highest BCUT2D eigenvalue weighted by molar-refractivity contribution is 5.06. The number of nitrogens with two attached hydrogens (primary N) is 1. The van der Waals surface area contributed by atoms with E-state index < -0.39 is 5.60 Å². The van der Waals surface area contributed by atoms with Gasteiger partial charge in [-0.2, -0.15) is 0 Å². The molecule has 3 saturated carbocycles. The standard InChI is InChI=1S/C18H33NO/c1-15-5-4-8-17(13-15,14-19)18(20)11-9-16(10-12-18)6-2-3-7-16/h15,20H,2-14,19H2,1H3. The molecule has 2 heteroatoms. The van der Waals surface area contributed by atoms with Crippen molar-refractivity contribution in [2.75, 3.05) is 6.54 Å². The SMILES string of the molecule is CC1CCCC(CN)(C2(O)CCC3(CCCC3)CC2)C1. The lowest BCUT2D eigenvalue weighted by atomic mass is 9.54. The molecule has 116 valence electrons. The number of hydrogen-bond donors (Lipinski definition) is 2. The fraction of sp³-hybridized carbons (Fsp3) is 1.00. The predicted molar refractivity (Wildman–Crippen MR) is 83.4 cm³/mol. The van der Waals surface area contributed by atoms with Gasteiger partial charge in [-0.05, 0) is 62.7 Å². The highest BCUT2D eigenvalue weighted by Gasteiger charge is 2.54. The molecule has 0 aromatic heterocycles. The molecule has 0 saturated heterocycles. The Morgan fingerprint density at radius 3 is 2.15 bits per heavy atom. The maximum absolute atomic E-state index is 11.4. The Morgan fingerprint density at radius 2 is 1.60 bits per heavy atom.